The Bertz CT molecular complexity index is 706. The minimum Gasteiger partial charge on any atom is -0.480 e. The van der Waals surface area contributed by atoms with E-state index in [1.807, 2.05) is 0 Å². The third-order valence-corrected chi connectivity index (χ3v) is 5.44. The van der Waals surface area contributed by atoms with Crippen LogP contribution in [0.3, 0.4) is 0 Å². The Hall–Kier alpha value is -2.93. The van der Waals surface area contributed by atoms with Gasteiger partial charge in [0, 0.05) is 52.4 Å². The molecule has 0 spiro atoms. The van der Waals surface area contributed by atoms with Crippen LogP contribution in [0.25, 0.3) is 0 Å². The molecule has 0 aromatic carbocycles. The van der Waals surface area contributed by atoms with Crippen LogP contribution in [0.15, 0.2) is 0 Å². The average molecular weight is 568 g/mol. The third kappa shape index (κ3) is 17.3. The van der Waals surface area contributed by atoms with Gasteiger partial charge in [-0.2, -0.15) is 0 Å². The molecule has 7 N–H and O–H groups in total. The molecule has 0 saturated heterocycles. The van der Waals surface area contributed by atoms with E-state index in [2.05, 4.69) is 0 Å². The molecule has 0 fully saturated rings. The van der Waals surface area contributed by atoms with E-state index < -0.39 is 49.4 Å². The van der Waals surface area contributed by atoms with Gasteiger partial charge in [0.1, 0.15) is 0 Å². The first-order valence-electron chi connectivity index (χ1n) is 12.3. The highest BCUT2D eigenvalue weighted by atomic mass is 16.4. The van der Waals surface area contributed by atoms with Crippen LogP contribution in [0.4, 0.5) is 0 Å². The summed E-state index contributed by atoms with van der Waals surface area (Å²) in [4.78, 5) is 65.4. The molecule has 0 atom stereocenters. The van der Waals surface area contributed by atoms with E-state index in [0.29, 0.717) is 0 Å². The van der Waals surface area contributed by atoms with Crippen molar-refractivity contribution >= 4 is 29.7 Å². The fourth-order valence-electron chi connectivity index (χ4n) is 3.63. The van der Waals surface area contributed by atoms with Crippen molar-refractivity contribution in [3.05, 3.63) is 0 Å². The number of hydrogen-bond donors (Lipinski definition) is 7. The molecule has 2 amide bonds. The van der Waals surface area contributed by atoms with Crippen LogP contribution in [0.5, 0.6) is 0 Å². The molecule has 0 aliphatic rings. The van der Waals surface area contributed by atoms with Gasteiger partial charge in [0.2, 0.25) is 11.8 Å². The Kier molecular flexibility index (Phi) is 19.4. The summed E-state index contributed by atoms with van der Waals surface area (Å²) in [5.74, 6) is -4.74. The van der Waals surface area contributed by atoms with Gasteiger partial charge in [0.15, 0.2) is 0 Å². The van der Waals surface area contributed by atoms with Gasteiger partial charge in [-0.05, 0) is 0 Å². The normalized spacial score (nSPS) is 11.3. The number of rotatable bonds is 24. The van der Waals surface area contributed by atoms with E-state index in [1.54, 1.807) is 0 Å². The summed E-state index contributed by atoms with van der Waals surface area (Å²) in [7, 11) is 0. The number of aliphatic hydroxyl groups excluding tert-OH is 4. The molecule has 0 aromatic rings. The van der Waals surface area contributed by atoms with Crippen molar-refractivity contribution in [2.45, 2.75) is 0 Å². The number of amides is 2. The molecule has 0 unspecified atom stereocenters. The minimum absolute atomic E-state index is 0.0110. The Morgan fingerprint density at radius 3 is 0.897 bits per heavy atom. The molecule has 0 saturated carbocycles. The first-order valence-corrected chi connectivity index (χ1v) is 12.3. The third-order valence-electron chi connectivity index (χ3n) is 5.44. The number of hydrogen-bond acceptors (Lipinski definition) is 12. The van der Waals surface area contributed by atoms with Crippen LogP contribution >= 0.6 is 0 Å². The quantitative estimate of drug-likeness (QED) is 0.0576. The molecule has 226 valence electrons. The summed E-state index contributed by atoms with van der Waals surface area (Å²) in [6.07, 6.45) is 0. The largest absolute Gasteiger partial charge is 0.480 e. The molecule has 0 bridgehead atoms. The minimum atomic E-state index is -1.23. The van der Waals surface area contributed by atoms with Crippen molar-refractivity contribution < 1.29 is 59.7 Å². The highest BCUT2D eigenvalue weighted by Crippen LogP contribution is 2.01. The van der Waals surface area contributed by atoms with Gasteiger partial charge in [-0.3, -0.25) is 38.7 Å². The van der Waals surface area contributed by atoms with Crippen LogP contribution in [0, 0.1) is 0 Å². The number of nitrogens with zero attached hydrogens (tertiary/aromatic N) is 5. The van der Waals surface area contributed by atoms with Crippen LogP contribution in [-0.2, 0) is 24.0 Å². The van der Waals surface area contributed by atoms with Crippen molar-refractivity contribution in [3.8, 4) is 0 Å². The topological polar surface area (TPSA) is 243 Å². The van der Waals surface area contributed by atoms with Gasteiger partial charge in [-0.25, -0.2) is 0 Å². The van der Waals surface area contributed by atoms with Crippen molar-refractivity contribution in [1.82, 2.24) is 24.5 Å². The molecule has 0 aliphatic heterocycles. The molecule has 0 heterocycles. The van der Waals surface area contributed by atoms with Gasteiger partial charge >= 0.3 is 17.9 Å². The summed E-state index contributed by atoms with van der Waals surface area (Å²) < 4.78 is 0. The molecule has 0 rings (SSSR count). The number of carbonyl (C=O) groups excluding carboxylic acids is 2. The van der Waals surface area contributed by atoms with E-state index in [4.69, 9.17) is 20.4 Å². The zero-order valence-corrected chi connectivity index (χ0v) is 21.9. The first-order chi connectivity index (χ1) is 18.5. The highest BCUT2D eigenvalue weighted by Gasteiger charge is 2.22. The monoisotopic (exact) mass is 567 g/mol. The van der Waals surface area contributed by atoms with Crippen molar-refractivity contribution in [2.75, 3.05) is 112 Å². The Labute approximate surface area is 226 Å². The number of carboxylic acids is 3. The zero-order valence-electron chi connectivity index (χ0n) is 21.9. The molecule has 17 nitrogen and oxygen atoms in total. The Morgan fingerprint density at radius 2 is 0.641 bits per heavy atom. The van der Waals surface area contributed by atoms with E-state index in [0.717, 1.165) is 0 Å². The van der Waals surface area contributed by atoms with Crippen LogP contribution in [0.2, 0.25) is 0 Å². The molecule has 0 aromatic heterocycles. The maximum atomic E-state index is 12.5. The Balaban J connectivity index is 5.40. The lowest BCUT2D eigenvalue weighted by Gasteiger charge is -2.30. The van der Waals surface area contributed by atoms with E-state index in [1.165, 1.54) is 24.5 Å². The fourth-order valence-corrected chi connectivity index (χ4v) is 3.63. The summed E-state index contributed by atoms with van der Waals surface area (Å²) >= 11 is 0. The van der Waals surface area contributed by atoms with Gasteiger partial charge in [0.25, 0.3) is 0 Å². The lowest BCUT2D eigenvalue weighted by molar-refractivity contribution is -0.141. The number of carboxylic acid groups (broad SMARTS) is 3. The predicted molar refractivity (Wildman–Crippen MR) is 134 cm³/mol. The number of aliphatic carboxylic acids is 3. The summed E-state index contributed by atoms with van der Waals surface area (Å²) in [6, 6.07) is 0. The van der Waals surface area contributed by atoms with Gasteiger partial charge in [-0.15, -0.1) is 0 Å². The predicted octanol–water partition coefficient (Wildman–Crippen LogP) is -5.23. The van der Waals surface area contributed by atoms with E-state index in [9.17, 15) is 39.3 Å². The van der Waals surface area contributed by atoms with Crippen molar-refractivity contribution in [3.63, 3.8) is 0 Å². The second-order valence-electron chi connectivity index (χ2n) is 8.53. The summed E-state index contributed by atoms with van der Waals surface area (Å²) in [5.41, 5.74) is 0. The lowest BCUT2D eigenvalue weighted by atomic mass is 10.3. The standard InChI is InChI=1S/C22H41N5O12/c28-9-5-26(6-10-29)18(32)13-24(16-21(36)37)3-1-23(15-20(34)35)2-4-25(17-22(38)39)14-19(33)27(7-11-30)8-12-31/h28-31H,1-17H2,(H,34,35)(H,36,37)(H,38,39). The summed E-state index contributed by atoms with van der Waals surface area (Å²) in [6.45, 7) is -4.05. The molecule has 0 aliphatic carbocycles. The van der Waals surface area contributed by atoms with E-state index in [-0.39, 0.29) is 91.9 Å². The second kappa shape index (κ2) is 21.0. The van der Waals surface area contributed by atoms with Crippen LogP contribution < -0.4 is 0 Å². The van der Waals surface area contributed by atoms with Gasteiger partial charge in [0.05, 0.1) is 59.2 Å². The van der Waals surface area contributed by atoms with Gasteiger partial charge in [-0.1, -0.05) is 0 Å². The lowest BCUT2D eigenvalue weighted by Crippen LogP contribution is -2.49. The van der Waals surface area contributed by atoms with Crippen LogP contribution in [0.1, 0.15) is 0 Å². The molecular formula is C22H41N5O12. The van der Waals surface area contributed by atoms with Crippen molar-refractivity contribution in [1.29, 1.82) is 0 Å². The maximum Gasteiger partial charge on any atom is 0.317 e. The SMILES string of the molecule is O=C(O)CN(CCN(CC(=O)O)CC(=O)N(CCO)CCO)CCN(CC(=O)O)CC(=O)N(CCO)CCO. The van der Waals surface area contributed by atoms with Crippen molar-refractivity contribution in [2.24, 2.45) is 0 Å². The highest BCUT2D eigenvalue weighted by molar-refractivity contribution is 5.80. The molecule has 0 radical (unpaired) electrons. The van der Waals surface area contributed by atoms with Crippen LogP contribution in [-0.4, -0.2) is 201 Å². The molecule has 39 heavy (non-hydrogen) atoms. The maximum absolute atomic E-state index is 12.5. The average Bonchev–Trinajstić information content (AvgIpc) is 2.84. The number of aliphatic hydroxyl groups is 4. The van der Waals surface area contributed by atoms with Gasteiger partial charge < -0.3 is 45.5 Å². The fraction of sp³-hybridized carbons (Fsp3) is 0.773. The first kappa shape index (κ1) is 36.1. The molecular weight excluding hydrogens is 526 g/mol. The second-order valence-corrected chi connectivity index (χ2v) is 8.53. The molecule has 17 heteroatoms. The number of carbonyl (C=O) groups is 5. The smallest absolute Gasteiger partial charge is 0.317 e. The van der Waals surface area contributed by atoms with E-state index >= 15 is 0 Å². The summed E-state index contributed by atoms with van der Waals surface area (Å²) in [5, 5.41) is 64.2. The Morgan fingerprint density at radius 1 is 0.385 bits per heavy atom. The zero-order chi connectivity index (χ0) is 29.8.